The van der Waals surface area contributed by atoms with Crippen molar-refractivity contribution >= 4 is 28.2 Å². The second-order valence-electron chi connectivity index (χ2n) is 5.87. The molecule has 10 heteroatoms. The van der Waals surface area contributed by atoms with E-state index in [4.69, 9.17) is 23.7 Å². The minimum Gasteiger partial charge on any atom is -0.497 e. The molecule has 0 aliphatic carbocycles. The number of aromatic nitrogens is 2. The number of esters is 1. The molecule has 0 spiro atoms. The summed E-state index contributed by atoms with van der Waals surface area (Å²) in [7, 11) is 5.96. The zero-order valence-corrected chi connectivity index (χ0v) is 17.7. The summed E-state index contributed by atoms with van der Waals surface area (Å²) in [4.78, 5) is 16.5. The number of nitrogens with one attached hydrogen (secondary N) is 1. The number of ether oxygens (including phenoxy) is 5. The maximum Gasteiger partial charge on any atom is 0.346 e. The number of anilines is 2. The number of benzene rings is 1. The molecular weight excluding hydrogens is 410 g/mol. The Bertz CT molecular complexity index is 1010. The van der Waals surface area contributed by atoms with E-state index < -0.39 is 5.97 Å². The molecule has 0 aliphatic rings. The van der Waals surface area contributed by atoms with Crippen molar-refractivity contribution in [2.45, 2.75) is 6.61 Å². The van der Waals surface area contributed by atoms with Crippen molar-refractivity contribution in [3.05, 3.63) is 47.7 Å². The maximum atomic E-state index is 12.4. The van der Waals surface area contributed by atoms with Gasteiger partial charge in [0, 0.05) is 23.9 Å². The molecule has 0 bridgehead atoms. The van der Waals surface area contributed by atoms with E-state index in [9.17, 15) is 4.79 Å². The number of rotatable bonds is 9. The summed E-state index contributed by atoms with van der Waals surface area (Å²) in [6.45, 7) is 0.177. The molecule has 9 nitrogen and oxygen atoms in total. The molecule has 0 fully saturated rings. The molecule has 3 rings (SSSR count). The number of nitrogens with zero attached hydrogens (tertiary/aromatic N) is 2. The SMILES string of the molecule is COC(=O)c1c(OCc2ccc(OC)nc2)nsc1Nc1ccc(OC)cc1OC. The van der Waals surface area contributed by atoms with Crippen LogP contribution in [0.3, 0.4) is 0 Å². The summed E-state index contributed by atoms with van der Waals surface area (Å²) in [6, 6.07) is 8.83. The van der Waals surface area contributed by atoms with Crippen LogP contribution < -0.4 is 24.3 Å². The molecule has 1 aromatic carbocycles. The lowest BCUT2D eigenvalue weighted by Crippen LogP contribution is -2.07. The molecule has 158 valence electrons. The second-order valence-corrected chi connectivity index (χ2v) is 6.65. The molecule has 0 saturated carbocycles. The van der Waals surface area contributed by atoms with Crippen molar-refractivity contribution in [2.75, 3.05) is 33.8 Å². The van der Waals surface area contributed by atoms with Crippen LogP contribution in [-0.4, -0.2) is 43.8 Å². The Hall–Kier alpha value is -3.53. The molecule has 0 amide bonds. The van der Waals surface area contributed by atoms with E-state index in [2.05, 4.69) is 14.7 Å². The van der Waals surface area contributed by atoms with Crippen LogP contribution in [0.4, 0.5) is 10.7 Å². The fraction of sp³-hybridized carbons (Fsp3) is 0.250. The Morgan fingerprint density at radius 3 is 2.53 bits per heavy atom. The van der Waals surface area contributed by atoms with Gasteiger partial charge in [-0.3, -0.25) is 0 Å². The number of pyridine rings is 1. The first kappa shape index (κ1) is 21.2. The third-order valence-corrected chi connectivity index (χ3v) is 4.84. The van der Waals surface area contributed by atoms with Crippen LogP contribution in [-0.2, 0) is 11.3 Å². The summed E-state index contributed by atoms with van der Waals surface area (Å²) in [5.41, 5.74) is 1.63. The summed E-state index contributed by atoms with van der Waals surface area (Å²) in [6.07, 6.45) is 1.63. The van der Waals surface area contributed by atoms with Gasteiger partial charge in [-0.25, -0.2) is 9.78 Å². The Balaban J connectivity index is 1.83. The van der Waals surface area contributed by atoms with Gasteiger partial charge in [-0.15, -0.1) is 0 Å². The minimum absolute atomic E-state index is 0.164. The molecule has 2 aromatic heterocycles. The second kappa shape index (κ2) is 9.79. The molecule has 0 atom stereocenters. The minimum atomic E-state index is -0.568. The monoisotopic (exact) mass is 431 g/mol. The maximum absolute atomic E-state index is 12.4. The lowest BCUT2D eigenvalue weighted by molar-refractivity contribution is 0.0596. The number of carbonyl (C=O) groups is 1. The Morgan fingerprint density at radius 1 is 1.07 bits per heavy atom. The van der Waals surface area contributed by atoms with Gasteiger partial charge in [0.2, 0.25) is 11.8 Å². The normalized spacial score (nSPS) is 10.3. The lowest BCUT2D eigenvalue weighted by atomic mass is 10.2. The third kappa shape index (κ3) is 4.71. The van der Waals surface area contributed by atoms with Crippen molar-refractivity contribution in [2.24, 2.45) is 0 Å². The summed E-state index contributed by atoms with van der Waals surface area (Å²) >= 11 is 1.08. The van der Waals surface area contributed by atoms with Crippen LogP contribution in [0.2, 0.25) is 0 Å². The van der Waals surface area contributed by atoms with Crippen molar-refractivity contribution in [3.63, 3.8) is 0 Å². The molecular formula is C20H21N3O6S. The zero-order valence-electron chi connectivity index (χ0n) is 16.9. The van der Waals surface area contributed by atoms with Crippen LogP contribution >= 0.6 is 11.5 Å². The fourth-order valence-electron chi connectivity index (χ4n) is 2.53. The zero-order chi connectivity index (χ0) is 21.5. The van der Waals surface area contributed by atoms with Gasteiger partial charge >= 0.3 is 5.97 Å². The molecule has 30 heavy (non-hydrogen) atoms. The highest BCUT2D eigenvalue weighted by atomic mass is 32.1. The highest BCUT2D eigenvalue weighted by Crippen LogP contribution is 2.37. The van der Waals surface area contributed by atoms with Gasteiger partial charge in [-0.2, -0.15) is 4.37 Å². The van der Waals surface area contributed by atoms with Crippen molar-refractivity contribution in [1.29, 1.82) is 0 Å². The van der Waals surface area contributed by atoms with Gasteiger partial charge in [0.25, 0.3) is 0 Å². The summed E-state index contributed by atoms with van der Waals surface area (Å²) in [5, 5.41) is 3.62. The van der Waals surface area contributed by atoms with E-state index in [1.807, 2.05) is 6.07 Å². The third-order valence-electron chi connectivity index (χ3n) is 4.09. The Kier molecular flexibility index (Phi) is 6.91. The molecule has 2 heterocycles. The summed E-state index contributed by atoms with van der Waals surface area (Å²) in [5.74, 6) is 1.29. The quantitative estimate of drug-likeness (QED) is 0.508. The van der Waals surface area contributed by atoms with E-state index in [1.165, 1.54) is 7.11 Å². The van der Waals surface area contributed by atoms with Crippen LogP contribution in [0.25, 0.3) is 0 Å². The standard InChI is InChI=1S/C20H21N3O6S/c1-25-13-6-7-14(15(9-13)26-2)22-19-17(20(24)28-4)18(23-30-19)29-11-12-5-8-16(27-3)21-10-12/h5-10,22H,11H2,1-4H3. The number of carbonyl (C=O) groups excluding carboxylic acids is 1. The predicted octanol–water partition coefficient (Wildman–Crippen LogP) is 3.67. The van der Waals surface area contributed by atoms with Crippen LogP contribution in [0.15, 0.2) is 36.5 Å². The molecule has 0 unspecified atom stereocenters. The highest BCUT2D eigenvalue weighted by molar-refractivity contribution is 7.11. The smallest absolute Gasteiger partial charge is 0.346 e. The van der Waals surface area contributed by atoms with Crippen molar-refractivity contribution in [1.82, 2.24) is 9.36 Å². The first-order valence-electron chi connectivity index (χ1n) is 8.78. The van der Waals surface area contributed by atoms with Gasteiger partial charge in [0.15, 0.2) is 5.56 Å². The van der Waals surface area contributed by atoms with Crippen molar-refractivity contribution in [3.8, 4) is 23.3 Å². The van der Waals surface area contributed by atoms with Gasteiger partial charge in [0.05, 0.1) is 34.1 Å². The van der Waals surface area contributed by atoms with E-state index in [0.717, 1.165) is 17.1 Å². The van der Waals surface area contributed by atoms with Gasteiger partial charge in [-0.1, -0.05) is 0 Å². The summed E-state index contributed by atoms with van der Waals surface area (Å²) < 4.78 is 30.6. The van der Waals surface area contributed by atoms with Crippen molar-refractivity contribution < 1.29 is 28.5 Å². The topological polar surface area (TPSA) is 101 Å². The van der Waals surface area contributed by atoms with Crippen LogP contribution in [0.5, 0.6) is 23.3 Å². The Labute approximate surface area is 177 Å². The van der Waals surface area contributed by atoms with Crippen LogP contribution in [0.1, 0.15) is 15.9 Å². The van der Waals surface area contributed by atoms with Gasteiger partial charge in [-0.05, 0) is 29.7 Å². The average molecular weight is 431 g/mol. The van der Waals surface area contributed by atoms with Gasteiger partial charge in [0.1, 0.15) is 23.1 Å². The van der Waals surface area contributed by atoms with E-state index >= 15 is 0 Å². The molecule has 0 saturated heterocycles. The van der Waals surface area contributed by atoms with Crippen LogP contribution in [0, 0.1) is 0 Å². The average Bonchev–Trinajstić information content (AvgIpc) is 3.20. The number of methoxy groups -OCH3 is 4. The van der Waals surface area contributed by atoms with E-state index in [-0.39, 0.29) is 18.1 Å². The lowest BCUT2D eigenvalue weighted by Gasteiger charge is -2.12. The largest absolute Gasteiger partial charge is 0.497 e. The molecule has 0 aliphatic heterocycles. The molecule has 1 N–H and O–H groups in total. The number of hydrogen-bond donors (Lipinski definition) is 1. The highest BCUT2D eigenvalue weighted by Gasteiger charge is 2.24. The fourth-order valence-corrected chi connectivity index (χ4v) is 3.27. The van der Waals surface area contributed by atoms with Gasteiger partial charge < -0.3 is 29.0 Å². The predicted molar refractivity (Wildman–Crippen MR) is 111 cm³/mol. The first-order valence-corrected chi connectivity index (χ1v) is 9.55. The Morgan fingerprint density at radius 2 is 1.90 bits per heavy atom. The first-order chi connectivity index (χ1) is 14.6. The van der Waals surface area contributed by atoms with E-state index in [1.54, 1.807) is 51.8 Å². The van der Waals surface area contributed by atoms with E-state index in [0.29, 0.717) is 28.1 Å². The molecule has 0 radical (unpaired) electrons. The number of hydrogen-bond acceptors (Lipinski definition) is 10. The molecule has 3 aromatic rings.